The van der Waals surface area contributed by atoms with Crippen LogP contribution in [0.5, 0.6) is 0 Å². The summed E-state index contributed by atoms with van der Waals surface area (Å²) in [5, 5.41) is 2.87. The number of carbonyl (C=O) groups is 4. The van der Waals surface area contributed by atoms with Crippen molar-refractivity contribution in [2.75, 3.05) is 16.8 Å². The van der Waals surface area contributed by atoms with Gasteiger partial charge in [-0.25, -0.2) is 9.69 Å². The highest BCUT2D eigenvalue weighted by atomic mass is 35.5. The van der Waals surface area contributed by atoms with Gasteiger partial charge in [-0.1, -0.05) is 40.8 Å². The van der Waals surface area contributed by atoms with Crippen molar-refractivity contribution in [1.29, 1.82) is 0 Å². The van der Waals surface area contributed by atoms with Gasteiger partial charge in [-0.15, -0.1) is 0 Å². The number of thioether (sulfide) groups is 1. The van der Waals surface area contributed by atoms with Crippen molar-refractivity contribution >= 4 is 69.8 Å². The first-order valence-electron chi connectivity index (χ1n) is 13.3. The third-order valence-electron chi connectivity index (χ3n) is 7.16. The van der Waals surface area contributed by atoms with Gasteiger partial charge in [0.25, 0.3) is 0 Å². The lowest BCUT2D eigenvalue weighted by atomic mass is 9.84. The lowest BCUT2D eigenvalue weighted by molar-refractivity contribution is -0.122. The predicted molar refractivity (Wildman–Crippen MR) is 163 cm³/mol. The smallest absolute Gasteiger partial charge is 0.338 e. The van der Waals surface area contributed by atoms with E-state index in [1.165, 1.54) is 21.6 Å². The fraction of sp³-hybridized carbons (Fsp3) is 0.200. The first kappa shape index (κ1) is 28.8. The fourth-order valence-corrected chi connectivity index (χ4v) is 8.17. The average molecular weight is 635 g/mol. The number of nitrogens with zero attached hydrogens (tertiary/aromatic N) is 3. The van der Waals surface area contributed by atoms with Crippen LogP contribution in [-0.2, 0) is 25.7 Å². The Bertz CT molecular complexity index is 1790. The van der Waals surface area contributed by atoms with E-state index >= 15 is 0 Å². The van der Waals surface area contributed by atoms with E-state index in [2.05, 4.69) is 10.3 Å². The normalized spacial score (nSPS) is 19.1. The van der Waals surface area contributed by atoms with Crippen LogP contribution in [0.3, 0.4) is 0 Å². The van der Waals surface area contributed by atoms with Gasteiger partial charge in [-0.05, 0) is 67.1 Å². The van der Waals surface area contributed by atoms with E-state index in [1.54, 1.807) is 61.8 Å². The van der Waals surface area contributed by atoms with E-state index in [1.807, 2.05) is 6.07 Å². The maximum atomic E-state index is 13.9. The lowest BCUT2D eigenvalue weighted by Gasteiger charge is -2.30. The molecule has 0 saturated carbocycles. The summed E-state index contributed by atoms with van der Waals surface area (Å²) in [6.45, 7) is 1.65. The minimum Gasteiger partial charge on any atom is -0.462 e. The number of ether oxygens (including phenoxy) is 1. The first-order valence-corrected chi connectivity index (χ1v) is 15.3. The van der Waals surface area contributed by atoms with Crippen molar-refractivity contribution in [3.63, 3.8) is 0 Å². The molecule has 0 radical (unpaired) electrons. The number of aromatic nitrogens is 2. The molecule has 4 heterocycles. The van der Waals surface area contributed by atoms with E-state index in [-0.39, 0.29) is 23.9 Å². The average Bonchev–Trinajstić information content (AvgIpc) is 3.44. The molecule has 13 heteroatoms. The Labute approximate surface area is 258 Å². The van der Waals surface area contributed by atoms with Crippen molar-refractivity contribution in [3.8, 4) is 0 Å². The molecule has 2 aromatic heterocycles. The van der Waals surface area contributed by atoms with Crippen LogP contribution >= 0.6 is 34.7 Å². The van der Waals surface area contributed by atoms with Crippen molar-refractivity contribution in [1.82, 2.24) is 9.55 Å². The third kappa shape index (κ3) is 5.37. The minimum atomic E-state index is -0.820. The number of benzene rings is 2. The number of carbonyl (C=O) groups excluding carboxylic acids is 4. The van der Waals surface area contributed by atoms with Gasteiger partial charge in [0, 0.05) is 33.9 Å². The zero-order chi connectivity index (χ0) is 30.2. The van der Waals surface area contributed by atoms with E-state index in [4.69, 9.17) is 16.3 Å². The Morgan fingerprint density at radius 1 is 1.02 bits per heavy atom. The van der Waals surface area contributed by atoms with Crippen LogP contribution in [-0.4, -0.2) is 45.1 Å². The molecule has 10 nitrogen and oxygen atoms in total. The van der Waals surface area contributed by atoms with Gasteiger partial charge in [0.1, 0.15) is 11.8 Å². The molecule has 6 rings (SSSR count). The number of hydrogen-bond donors (Lipinski definition) is 1. The number of imide groups is 1. The summed E-state index contributed by atoms with van der Waals surface area (Å²) in [5.74, 6) is -3.10. The number of amides is 3. The van der Waals surface area contributed by atoms with E-state index < -0.39 is 34.9 Å². The van der Waals surface area contributed by atoms with Crippen molar-refractivity contribution < 1.29 is 23.9 Å². The number of rotatable bonds is 7. The molecule has 43 heavy (non-hydrogen) atoms. The summed E-state index contributed by atoms with van der Waals surface area (Å²) >= 11 is 8.12. The number of anilines is 2. The number of thiazole rings is 1. The second-order valence-corrected chi connectivity index (χ2v) is 12.3. The summed E-state index contributed by atoms with van der Waals surface area (Å²) in [5.41, 5.74) is 1.89. The monoisotopic (exact) mass is 634 g/mol. The third-order valence-corrected chi connectivity index (χ3v) is 10.0. The Morgan fingerprint density at radius 2 is 1.77 bits per heavy atom. The summed E-state index contributed by atoms with van der Waals surface area (Å²) in [4.78, 5) is 71.5. The quantitative estimate of drug-likeness (QED) is 0.231. The van der Waals surface area contributed by atoms with E-state index in [0.717, 1.165) is 23.1 Å². The second-order valence-electron chi connectivity index (χ2n) is 9.79. The largest absolute Gasteiger partial charge is 0.462 e. The highest BCUT2D eigenvalue weighted by Gasteiger charge is 2.56. The predicted octanol–water partition coefficient (Wildman–Crippen LogP) is 4.57. The fourth-order valence-electron chi connectivity index (χ4n) is 5.27. The van der Waals surface area contributed by atoms with Crippen LogP contribution in [0.15, 0.2) is 82.9 Å². The number of pyridine rings is 1. The lowest BCUT2D eigenvalue weighted by Crippen LogP contribution is -2.33. The standard InChI is InChI=1S/C30H23ClN4O6S2/c1-2-41-29(39)16-5-9-19(10-6-16)33-21(36)15-34-28-25(43-30(34)40)22(17-4-3-13-32-14-17)23-24(42-28)27(38)35(26(23)37)20-11-7-18(31)8-12-20/h3-14,22-24H,2,15H2,1H3,(H,33,36)/t22-,23+,24-/m0/s1. The second kappa shape index (κ2) is 11.8. The van der Waals surface area contributed by atoms with E-state index in [9.17, 15) is 24.0 Å². The molecule has 1 saturated heterocycles. The van der Waals surface area contributed by atoms with Gasteiger partial charge in [-0.3, -0.25) is 28.7 Å². The summed E-state index contributed by atoms with van der Waals surface area (Å²) in [6, 6.07) is 16.2. The molecule has 0 aliphatic carbocycles. The Hall–Kier alpha value is -4.26. The molecule has 3 atom stereocenters. The molecule has 4 aromatic rings. The minimum absolute atomic E-state index is 0.247. The molecule has 3 amide bonds. The van der Waals surface area contributed by atoms with Crippen LogP contribution in [0, 0.1) is 5.92 Å². The Morgan fingerprint density at radius 3 is 2.44 bits per heavy atom. The molecule has 218 valence electrons. The van der Waals surface area contributed by atoms with Crippen LogP contribution in [0.1, 0.15) is 33.6 Å². The number of hydrogen-bond acceptors (Lipinski definition) is 9. The van der Waals surface area contributed by atoms with Gasteiger partial charge in [0.05, 0.1) is 28.8 Å². The van der Waals surface area contributed by atoms with Crippen molar-refractivity contribution in [3.05, 3.63) is 104 Å². The summed E-state index contributed by atoms with van der Waals surface area (Å²) in [6.07, 6.45) is 3.24. The number of fused-ring (bicyclic) bond motifs is 2. The number of halogens is 1. The molecule has 1 fully saturated rings. The highest BCUT2D eigenvalue weighted by molar-refractivity contribution is 8.00. The number of nitrogens with one attached hydrogen (secondary N) is 1. The topological polar surface area (TPSA) is 128 Å². The molecule has 2 aliphatic heterocycles. The van der Waals surface area contributed by atoms with Crippen LogP contribution in [0.25, 0.3) is 0 Å². The molecule has 1 N–H and O–H groups in total. The Balaban J connectivity index is 1.32. The molecule has 0 spiro atoms. The summed E-state index contributed by atoms with van der Waals surface area (Å²) in [7, 11) is 0. The van der Waals surface area contributed by atoms with Gasteiger partial charge in [0.2, 0.25) is 17.7 Å². The number of esters is 1. The van der Waals surface area contributed by atoms with Crippen LogP contribution in [0.2, 0.25) is 5.02 Å². The zero-order valence-corrected chi connectivity index (χ0v) is 24.9. The molecular weight excluding hydrogens is 612 g/mol. The zero-order valence-electron chi connectivity index (χ0n) is 22.6. The van der Waals surface area contributed by atoms with Gasteiger partial charge in [0.15, 0.2) is 0 Å². The molecular formula is C30H23ClN4O6S2. The van der Waals surface area contributed by atoms with Crippen LogP contribution in [0.4, 0.5) is 11.4 Å². The highest BCUT2D eigenvalue weighted by Crippen LogP contribution is 2.53. The maximum absolute atomic E-state index is 13.9. The SMILES string of the molecule is CCOC(=O)c1ccc(NC(=O)Cn2c3c(sc2=O)[C@@H](c2cccnc2)[C@H]2C(=O)N(c4ccc(Cl)cc4)C(=O)[C@H]2S3)cc1. The van der Waals surface area contributed by atoms with E-state index in [0.29, 0.717) is 37.4 Å². The van der Waals surface area contributed by atoms with Crippen LogP contribution < -0.4 is 15.1 Å². The van der Waals surface area contributed by atoms with Gasteiger partial charge >= 0.3 is 10.8 Å². The molecule has 0 bridgehead atoms. The summed E-state index contributed by atoms with van der Waals surface area (Å²) < 4.78 is 6.33. The molecule has 0 unspecified atom stereocenters. The molecule has 2 aromatic carbocycles. The van der Waals surface area contributed by atoms with Gasteiger partial charge in [-0.2, -0.15) is 0 Å². The maximum Gasteiger partial charge on any atom is 0.338 e. The Kier molecular flexibility index (Phi) is 7.91. The first-order chi connectivity index (χ1) is 20.8. The van der Waals surface area contributed by atoms with Crippen molar-refractivity contribution in [2.45, 2.75) is 29.7 Å². The van der Waals surface area contributed by atoms with Crippen molar-refractivity contribution in [2.24, 2.45) is 5.92 Å². The van der Waals surface area contributed by atoms with Gasteiger partial charge < -0.3 is 10.1 Å². The molecule has 2 aliphatic rings.